The van der Waals surface area contributed by atoms with Gasteiger partial charge in [0.25, 0.3) is 0 Å². The average molecular weight is 641 g/mol. The summed E-state index contributed by atoms with van der Waals surface area (Å²) in [5.41, 5.74) is -1.46. The number of ether oxygens (including phenoxy) is 4. The summed E-state index contributed by atoms with van der Waals surface area (Å²) >= 11 is 0. The Morgan fingerprint density at radius 1 is 0.463 bits per heavy atom. The molecule has 0 aromatic heterocycles. The van der Waals surface area contributed by atoms with E-state index in [-0.39, 0.29) is 88.0 Å². The van der Waals surface area contributed by atoms with Gasteiger partial charge in [-0.3, -0.25) is 0 Å². The molecule has 0 rings (SSSR count). The van der Waals surface area contributed by atoms with Gasteiger partial charge < -0.3 is 29.2 Å². The number of hydrogen-bond donors (Lipinski definition) is 2. The number of rotatable bonds is 18. The SMILES string of the molecule is C.C.C.C.CC(C)(COCC(C)(CO)COCCF)COCC(C)(CO)COCCF.FC(F)(F)F.FC(F)(F)F. The molecule has 16 heteroatoms. The largest absolute Gasteiger partial charge is 0.559 e. The monoisotopic (exact) mass is 640 g/mol. The van der Waals surface area contributed by atoms with E-state index >= 15 is 0 Å². The Hall–Kier alpha value is -0.940. The lowest BCUT2D eigenvalue weighted by Gasteiger charge is -2.32. The van der Waals surface area contributed by atoms with Crippen LogP contribution in [0.3, 0.4) is 0 Å². The third-order valence-corrected chi connectivity index (χ3v) is 3.99. The highest BCUT2D eigenvalue weighted by Gasteiger charge is 2.29. The molecule has 2 unspecified atom stereocenters. The fourth-order valence-electron chi connectivity index (χ4n) is 2.20. The zero-order valence-corrected chi connectivity index (χ0v) is 21.3. The maximum atomic E-state index is 12.1. The van der Waals surface area contributed by atoms with Crippen LogP contribution < -0.4 is 0 Å². The molecular formula is C25H54F10O6. The topological polar surface area (TPSA) is 77.4 Å². The third-order valence-electron chi connectivity index (χ3n) is 3.99. The van der Waals surface area contributed by atoms with Gasteiger partial charge in [0, 0.05) is 16.2 Å². The molecule has 0 aromatic rings. The van der Waals surface area contributed by atoms with Crippen molar-refractivity contribution in [2.24, 2.45) is 16.2 Å². The second-order valence-corrected chi connectivity index (χ2v) is 9.43. The number of aliphatic hydroxyl groups excluding tert-OH is 2. The predicted molar refractivity (Wildman–Crippen MR) is 141 cm³/mol. The van der Waals surface area contributed by atoms with E-state index in [1.165, 1.54) is 0 Å². The van der Waals surface area contributed by atoms with Crippen molar-refractivity contribution in [3.8, 4) is 0 Å². The Balaban J connectivity index is -0.000000141. The summed E-state index contributed by atoms with van der Waals surface area (Å²) in [6.45, 7) is 8.08. The number of aliphatic hydroxyl groups is 2. The van der Waals surface area contributed by atoms with E-state index in [0.717, 1.165) is 0 Å². The highest BCUT2D eigenvalue weighted by atomic mass is 19.5. The molecule has 0 bridgehead atoms. The Labute approximate surface area is 239 Å². The van der Waals surface area contributed by atoms with Crippen LogP contribution in [0.4, 0.5) is 43.9 Å². The quantitative estimate of drug-likeness (QED) is 0.119. The van der Waals surface area contributed by atoms with E-state index in [1.807, 2.05) is 27.7 Å². The normalized spacial score (nSPS) is 14.0. The van der Waals surface area contributed by atoms with Crippen molar-refractivity contribution in [3.05, 3.63) is 0 Å². The molecule has 0 saturated heterocycles. The lowest BCUT2D eigenvalue weighted by atomic mass is 9.92. The number of halogens is 10. The summed E-state index contributed by atoms with van der Waals surface area (Å²) in [5, 5.41) is 19.0. The van der Waals surface area contributed by atoms with Gasteiger partial charge in [-0.25, -0.2) is 8.78 Å². The van der Waals surface area contributed by atoms with Crippen LogP contribution in [0, 0.1) is 16.2 Å². The van der Waals surface area contributed by atoms with Gasteiger partial charge in [0.15, 0.2) is 0 Å². The van der Waals surface area contributed by atoms with E-state index in [9.17, 15) is 54.1 Å². The molecule has 0 fully saturated rings. The minimum absolute atomic E-state index is 0. The fraction of sp³-hybridized carbons (Fsp3) is 1.00. The van der Waals surface area contributed by atoms with E-state index in [0.29, 0.717) is 13.2 Å². The van der Waals surface area contributed by atoms with Crippen molar-refractivity contribution in [2.45, 2.75) is 70.3 Å². The average Bonchev–Trinajstić information content (AvgIpc) is 2.71. The van der Waals surface area contributed by atoms with Gasteiger partial charge in [0.05, 0.1) is 66.1 Å². The molecule has 0 amide bonds. The molecule has 2 N–H and O–H groups in total. The summed E-state index contributed by atoms with van der Waals surface area (Å²) in [4.78, 5) is 0. The van der Waals surface area contributed by atoms with Crippen LogP contribution >= 0.6 is 0 Å². The Kier molecular flexibility index (Phi) is 38.0. The molecule has 2 atom stereocenters. The summed E-state index contributed by atoms with van der Waals surface area (Å²) in [7, 11) is 0. The van der Waals surface area contributed by atoms with Gasteiger partial charge in [0.2, 0.25) is 0 Å². The second kappa shape index (κ2) is 27.9. The van der Waals surface area contributed by atoms with Gasteiger partial charge in [0.1, 0.15) is 13.3 Å². The molecule has 0 saturated carbocycles. The number of hydrogen-bond acceptors (Lipinski definition) is 6. The first kappa shape index (κ1) is 55.9. The van der Waals surface area contributed by atoms with Crippen molar-refractivity contribution >= 4 is 0 Å². The molecule has 0 radical (unpaired) electrons. The van der Waals surface area contributed by atoms with Crippen molar-refractivity contribution < 1.29 is 73.1 Å². The molecule has 0 aliphatic heterocycles. The minimum atomic E-state index is -5.50. The van der Waals surface area contributed by atoms with E-state index in [1.54, 1.807) is 0 Å². The van der Waals surface area contributed by atoms with Crippen molar-refractivity contribution in [3.63, 3.8) is 0 Å². The first-order chi connectivity index (χ1) is 16.7. The summed E-state index contributed by atoms with van der Waals surface area (Å²) < 4.78 is 124. The highest BCUT2D eigenvalue weighted by Crippen LogP contribution is 2.23. The van der Waals surface area contributed by atoms with Gasteiger partial charge >= 0.3 is 12.9 Å². The molecule has 0 aliphatic carbocycles. The first-order valence-corrected chi connectivity index (χ1v) is 10.8. The molecule has 0 aliphatic rings. The maximum absolute atomic E-state index is 12.1. The Bertz CT molecular complexity index is 484. The number of alkyl halides is 10. The molecular weight excluding hydrogens is 586 g/mol. The van der Waals surface area contributed by atoms with Crippen LogP contribution in [0.5, 0.6) is 0 Å². The van der Waals surface area contributed by atoms with Crippen LogP contribution in [0.2, 0.25) is 0 Å². The molecule has 0 heterocycles. The Morgan fingerprint density at radius 2 is 0.683 bits per heavy atom. The zero-order chi connectivity index (χ0) is 29.8. The first-order valence-electron chi connectivity index (χ1n) is 10.8. The van der Waals surface area contributed by atoms with Gasteiger partial charge in [-0.1, -0.05) is 57.4 Å². The second-order valence-electron chi connectivity index (χ2n) is 9.43. The smallest absolute Gasteiger partial charge is 0.396 e. The van der Waals surface area contributed by atoms with Crippen LogP contribution in [0.1, 0.15) is 57.4 Å². The standard InChI is InChI=1S/C19H38F2O6.2CF4.4CH4/c1-17(2,11-26-15-18(3,9-22)13-24-7-5-20)12-27-16-19(4,10-23)14-25-8-6-21;2*2-1(3,4)5;;;;/h22-23H,5-16H2,1-4H3;;;4*1H4. The zero-order valence-electron chi connectivity index (χ0n) is 21.3. The maximum Gasteiger partial charge on any atom is 0.559 e. The van der Waals surface area contributed by atoms with Crippen LogP contribution in [-0.2, 0) is 18.9 Å². The van der Waals surface area contributed by atoms with Gasteiger partial charge in [-0.2, -0.15) is 0 Å². The fourth-order valence-corrected chi connectivity index (χ4v) is 2.20. The predicted octanol–water partition coefficient (Wildman–Crippen LogP) is 7.51. The molecule has 41 heavy (non-hydrogen) atoms. The van der Waals surface area contributed by atoms with E-state index < -0.39 is 37.0 Å². The molecule has 260 valence electrons. The van der Waals surface area contributed by atoms with Crippen LogP contribution in [-0.4, -0.2) is 102 Å². The van der Waals surface area contributed by atoms with Crippen molar-refractivity contribution in [1.29, 1.82) is 0 Å². The highest BCUT2D eigenvalue weighted by molar-refractivity contribution is 4.76. The van der Waals surface area contributed by atoms with Crippen LogP contribution in [0.25, 0.3) is 0 Å². The summed E-state index contributed by atoms with van der Waals surface area (Å²) in [6, 6.07) is 0. The lowest BCUT2D eigenvalue weighted by molar-refractivity contribution is -0.238. The van der Waals surface area contributed by atoms with Gasteiger partial charge in [-0.05, 0) is 0 Å². The summed E-state index contributed by atoms with van der Waals surface area (Å²) in [5.74, 6) is 0. The third kappa shape index (κ3) is 49.1. The molecule has 0 spiro atoms. The van der Waals surface area contributed by atoms with Crippen molar-refractivity contribution in [1.82, 2.24) is 0 Å². The molecule has 6 nitrogen and oxygen atoms in total. The van der Waals surface area contributed by atoms with E-state index in [2.05, 4.69) is 0 Å². The summed E-state index contributed by atoms with van der Waals surface area (Å²) in [6.07, 6.45) is -11.0. The minimum Gasteiger partial charge on any atom is -0.396 e. The van der Waals surface area contributed by atoms with E-state index in [4.69, 9.17) is 18.9 Å². The van der Waals surface area contributed by atoms with Gasteiger partial charge in [-0.15, -0.1) is 35.1 Å². The Morgan fingerprint density at radius 3 is 0.878 bits per heavy atom. The van der Waals surface area contributed by atoms with Crippen LogP contribution in [0.15, 0.2) is 0 Å². The lowest BCUT2D eigenvalue weighted by Crippen LogP contribution is -2.37. The van der Waals surface area contributed by atoms with Crippen molar-refractivity contribution in [2.75, 3.05) is 79.4 Å². The molecule has 0 aromatic carbocycles.